The molecule has 0 aliphatic rings. The van der Waals surface area contributed by atoms with E-state index in [4.69, 9.17) is 0 Å². The summed E-state index contributed by atoms with van der Waals surface area (Å²) in [5.74, 6) is 0. The molecule has 12 heteroatoms. The van der Waals surface area contributed by atoms with Crippen molar-refractivity contribution in [3.8, 4) is 0 Å². The van der Waals surface area contributed by atoms with Crippen molar-refractivity contribution in [3.63, 3.8) is 0 Å². The molecule has 0 atom stereocenters. The van der Waals surface area contributed by atoms with Gasteiger partial charge in [-0.3, -0.25) is 0 Å². The van der Waals surface area contributed by atoms with E-state index in [1.807, 2.05) is 0 Å². The van der Waals surface area contributed by atoms with E-state index in [-0.39, 0.29) is 16.3 Å². The van der Waals surface area contributed by atoms with Crippen LogP contribution in [0.1, 0.15) is 11.1 Å². The van der Waals surface area contributed by atoms with E-state index in [9.17, 15) is 26.3 Å². The van der Waals surface area contributed by atoms with Crippen LogP contribution in [0.3, 0.4) is 0 Å². The maximum atomic E-state index is 12.9. The van der Waals surface area contributed by atoms with Crippen molar-refractivity contribution >= 4 is 33.0 Å². The molecule has 1 aromatic heterocycles. The minimum atomic E-state index is -4.94. The zero-order valence-electron chi connectivity index (χ0n) is 13.6. The van der Waals surface area contributed by atoms with E-state index in [2.05, 4.69) is 25.7 Å². The lowest BCUT2D eigenvalue weighted by atomic mass is 10.1. The molecule has 0 fully saturated rings. The van der Waals surface area contributed by atoms with E-state index >= 15 is 0 Å². The van der Waals surface area contributed by atoms with E-state index in [1.54, 1.807) is 30.3 Å². The third-order valence-corrected chi connectivity index (χ3v) is 3.98. The molecule has 146 valence electrons. The Morgan fingerprint density at radius 3 is 1.96 bits per heavy atom. The minimum Gasteiger partial charge on any atom is -0.330 e. The van der Waals surface area contributed by atoms with Crippen molar-refractivity contribution in [2.45, 2.75) is 12.4 Å². The largest absolute Gasteiger partial charge is 0.416 e. The van der Waals surface area contributed by atoms with E-state index in [1.165, 1.54) is 0 Å². The van der Waals surface area contributed by atoms with Gasteiger partial charge in [-0.25, -0.2) is 0 Å². The van der Waals surface area contributed by atoms with Gasteiger partial charge in [0.05, 0.1) is 16.8 Å². The summed E-state index contributed by atoms with van der Waals surface area (Å²) in [6, 6.07) is 9.81. The zero-order chi connectivity index (χ0) is 20.4. The molecule has 3 rings (SSSR count). The number of anilines is 2. The molecule has 1 N–H and O–H groups in total. The molecule has 3 aromatic rings. The third kappa shape index (κ3) is 5.03. The highest BCUT2D eigenvalue weighted by atomic mass is 32.1. The number of hydrogen-bond donors (Lipinski definition) is 1. The number of benzene rings is 2. The summed E-state index contributed by atoms with van der Waals surface area (Å²) in [4.78, 5) is 0. The summed E-state index contributed by atoms with van der Waals surface area (Å²) in [6.07, 6.45) is -9.87. The highest BCUT2D eigenvalue weighted by Crippen LogP contribution is 2.38. The van der Waals surface area contributed by atoms with Crippen LogP contribution in [0.25, 0.3) is 0 Å². The van der Waals surface area contributed by atoms with Gasteiger partial charge in [0, 0.05) is 5.69 Å². The Hall–Kier alpha value is -3.02. The standard InChI is InChI=1S/C16H9F6N5S/c17-15(18,19)9-6-10(16(20,21)22)8-12(7-9)23-13-25-27-14(28-13)26-24-11-4-2-1-3-5-11/h1-8H,(H,23,25). The number of azo groups is 1. The zero-order valence-corrected chi connectivity index (χ0v) is 14.4. The smallest absolute Gasteiger partial charge is 0.330 e. The quantitative estimate of drug-likeness (QED) is 0.378. The maximum absolute atomic E-state index is 12.9. The predicted molar refractivity (Wildman–Crippen MR) is 90.3 cm³/mol. The first-order chi connectivity index (χ1) is 13.1. The van der Waals surface area contributed by atoms with Crippen LogP contribution in [-0.4, -0.2) is 10.2 Å². The Kier molecular flexibility index (Phi) is 5.31. The van der Waals surface area contributed by atoms with Crippen molar-refractivity contribution in [3.05, 3.63) is 59.7 Å². The van der Waals surface area contributed by atoms with Gasteiger partial charge >= 0.3 is 12.4 Å². The average molecular weight is 417 g/mol. The molecular weight excluding hydrogens is 408 g/mol. The second-order valence-corrected chi connectivity index (χ2v) is 6.30. The average Bonchev–Trinajstić information content (AvgIpc) is 3.06. The van der Waals surface area contributed by atoms with Crippen LogP contribution in [0.5, 0.6) is 0 Å². The summed E-state index contributed by atoms with van der Waals surface area (Å²) in [6.45, 7) is 0. The molecular formula is C16H9F6N5S. The van der Waals surface area contributed by atoms with Gasteiger partial charge in [0.1, 0.15) is 0 Å². The maximum Gasteiger partial charge on any atom is 0.416 e. The highest BCUT2D eigenvalue weighted by Gasteiger charge is 2.37. The van der Waals surface area contributed by atoms with Crippen molar-refractivity contribution in [1.29, 1.82) is 0 Å². The van der Waals surface area contributed by atoms with Crippen LogP contribution in [0.2, 0.25) is 0 Å². The number of nitrogens with zero attached hydrogens (tertiary/aromatic N) is 4. The fraction of sp³-hybridized carbons (Fsp3) is 0.125. The van der Waals surface area contributed by atoms with Crippen molar-refractivity contribution in [2.24, 2.45) is 10.2 Å². The minimum absolute atomic E-state index is 0.0329. The lowest BCUT2D eigenvalue weighted by molar-refractivity contribution is -0.143. The third-order valence-electron chi connectivity index (χ3n) is 3.26. The fourth-order valence-electron chi connectivity index (χ4n) is 2.05. The predicted octanol–water partition coefficient (Wildman–Crippen LogP) is 6.73. The molecule has 5 nitrogen and oxygen atoms in total. The number of rotatable bonds is 4. The first-order valence-electron chi connectivity index (χ1n) is 7.48. The lowest BCUT2D eigenvalue weighted by Crippen LogP contribution is -2.11. The lowest BCUT2D eigenvalue weighted by Gasteiger charge is -2.14. The molecule has 0 unspecified atom stereocenters. The Balaban J connectivity index is 1.84. The summed E-state index contributed by atoms with van der Waals surface area (Å²) in [5, 5.41) is 17.5. The summed E-state index contributed by atoms with van der Waals surface area (Å²) in [5.41, 5.74) is -2.75. The number of nitrogens with one attached hydrogen (secondary N) is 1. The summed E-state index contributed by atoms with van der Waals surface area (Å²) >= 11 is 0.817. The Morgan fingerprint density at radius 2 is 1.39 bits per heavy atom. The van der Waals surface area contributed by atoms with E-state index in [0.717, 1.165) is 11.3 Å². The van der Waals surface area contributed by atoms with Crippen LogP contribution >= 0.6 is 11.3 Å². The van der Waals surface area contributed by atoms with Crippen LogP contribution in [0, 0.1) is 0 Å². The molecule has 0 bridgehead atoms. The van der Waals surface area contributed by atoms with Gasteiger partial charge < -0.3 is 5.32 Å². The monoisotopic (exact) mass is 417 g/mol. The summed E-state index contributed by atoms with van der Waals surface area (Å²) < 4.78 is 77.4. The molecule has 0 saturated carbocycles. The number of alkyl halides is 6. The second-order valence-electron chi connectivity index (χ2n) is 5.34. The SMILES string of the molecule is FC(F)(F)c1cc(Nc2nnc(N=Nc3ccccc3)s2)cc(C(F)(F)F)c1. The van der Waals surface area contributed by atoms with Crippen molar-refractivity contribution in [1.82, 2.24) is 10.2 Å². The van der Waals surface area contributed by atoms with Crippen molar-refractivity contribution in [2.75, 3.05) is 5.32 Å². The van der Waals surface area contributed by atoms with Gasteiger partial charge in [0.15, 0.2) is 0 Å². The van der Waals surface area contributed by atoms with E-state index < -0.39 is 29.2 Å². The first kappa shape index (κ1) is 19.7. The van der Waals surface area contributed by atoms with Gasteiger partial charge in [0.2, 0.25) is 5.13 Å². The fourth-order valence-corrected chi connectivity index (χ4v) is 2.64. The summed E-state index contributed by atoms with van der Waals surface area (Å²) in [7, 11) is 0. The van der Waals surface area contributed by atoms with Gasteiger partial charge in [0.25, 0.3) is 5.13 Å². The van der Waals surface area contributed by atoms with Gasteiger partial charge in [-0.15, -0.1) is 20.4 Å². The number of hydrogen-bond acceptors (Lipinski definition) is 6. The van der Waals surface area contributed by atoms with Crippen LogP contribution in [0.15, 0.2) is 58.8 Å². The van der Waals surface area contributed by atoms with Gasteiger partial charge in [-0.05, 0) is 30.3 Å². The Morgan fingerprint density at radius 1 is 0.786 bits per heavy atom. The molecule has 0 radical (unpaired) electrons. The molecule has 0 saturated heterocycles. The highest BCUT2D eigenvalue weighted by molar-refractivity contribution is 7.18. The molecule has 0 aliphatic carbocycles. The Labute approximate surface area is 157 Å². The van der Waals surface area contributed by atoms with Gasteiger partial charge in [-0.2, -0.15) is 26.3 Å². The molecule has 1 heterocycles. The Bertz CT molecular complexity index is 949. The molecule has 0 amide bonds. The van der Waals surface area contributed by atoms with Crippen LogP contribution < -0.4 is 5.32 Å². The van der Waals surface area contributed by atoms with Gasteiger partial charge in [-0.1, -0.05) is 29.5 Å². The van der Waals surface area contributed by atoms with Crippen molar-refractivity contribution < 1.29 is 26.3 Å². The molecule has 0 spiro atoms. The molecule has 28 heavy (non-hydrogen) atoms. The topological polar surface area (TPSA) is 62.5 Å². The molecule has 2 aromatic carbocycles. The number of aromatic nitrogens is 2. The first-order valence-corrected chi connectivity index (χ1v) is 8.30. The molecule has 0 aliphatic heterocycles. The van der Waals surface area contributed by atoms with Crippen LogP contribution in [-0.2, 0) is 12.4 Å². The van der Waals surface area contributed by atoms with Crippen LogP contribution in [0.4, 0.5) is 48.0 Å². The number of halogens is 6. The normalized spacial score (nSPS) is 12.5. The van der Waals surface area contributed by atoms with E-state index in [0.29, 0.717) is 17.8 Å². The second kappa shape index (κ2) is 7.54.